The lowest BCUT2D eigenvalue weighted by atomic mass is 10.2. The Morgan fingerprint density at radius 1 is 1.42 bits per heavy atom. The Labute approximate surface area is 118 Å². The van der Waals surface area contributed by atoms with Crippen molar-refractivity contribution in [2.75, 3.05) is 11.9 Å². The fourth-order valence-corrected chi connectivity index (χ4v) is 2.07. The van der Waals surface area contributed by atoms with Gasteiger partial charge in [-0.1, -0.05) is 15.9 Å². The average molecular weight is 326 g/mol. The fraction of sp³-hybridized carbons (Fsp3) is 0.231. The number of carbonyl (C=O) groups excluding carboxylic acids is 2. The number of benzene rings is 1. The number of hydrogen-bond acceptors (Lipinski definition) is 4. The lowest BCUT2D eigenvalue weighted by Gasteiger charge is -2.03. The van der Waals surface area contributed by atoms with Crippen molar-refractivity contribution in [1.82, 2.24) is 0 Å². The van der Waals surface area contributed by atoms with Crippen LogP contribution in [0.5, 0.6) is 0 Å². The van der Waals surface area contributed by atoms with Gasteiger partial charge >= 0.3 is 5.97 Å². The second-order valence-electron chi connectivity index (χ2n) is 3.85. The van der Waals surface area contributed by atoms with Gasteiger partial charge in [0.2, 0.25) is 11.7 Å². The molecule has 6 heteroatoms. The average Bonchev–Trinajstić information content (AvgIpc) is 2.67. The third-order valence-electron chi connectivity index (χ3n) is 2.41. The lowest BCUT2D eigenvalue weighted by molar-refractivity contribution is -0.114. The molecule has 0 saturated carbocycles. The number of nitrogens with one attached hydrogen (secondary N) is 1. The molecule has 1 aromatic carbocycles. The van der Waals surface area contributed by atoms with Crippen LogP contribution >= 0.6 is 15.9 Å². The molecule has 0 aliphatic rings. The van der Waals surface area contributed by atoms with Gasteiger partial charge in [0, 0.05) is 16.8 Å². The molecular weight excluding hydrogens is 314 g/mol. The van der Waals surface area contributed by atoms with Gasteiger partial charge in [0.05, 0.1) is 6.61 Å². The van der Waals surface area contributed by atoms with E-state index in [1.807, 2.05) is 0 Å². The Balaban J connectivity index is 2.61. The maximum atomic E-state index is 11.8. The zero-order chi connectivity index (χ0) is 14.0. The van der Waals surface area contributed by atoms with E-state index in [1.165, 1.54) is 6.92 Å². The molecule has 0 unspecified atom stereocenters. The summed E-state index contributed by atoms with van der Waals surface area (Å²) in [6.45, 7) is 3.31. The molecule has 0 saturated heterocycles. The molecule has 0 radical (unpaired) electrons. The maximum absolute atomic E-state index is 11.8. The van der Waals surface area contributed by atoms with E-state index in [0.29, 0.717) is 16.7 Å². The van der Waals surface area contributed by atoms with Gasteiger partial charge < -0.3 is 14.5 Å². The van der Waals surface area contributed by atoms with Crippen LogP contribution in [0.4, 0.5) is 5.69 Å². The first-order valence-corrected chi connectivity index (χ1v) is 6.49. The summed E-state index contributed by atoms with van der Waals surface area (Å²) in [5.74, 6) is -0.878. The summed E-state index contributed by atoms with van der Waals surface area (Å²) < 4.78 is 11.2. The number of ether oxygens (including phenoxy) is 1. The second kappa shape index (κ2) is 5.44. The second-order valence-corrected chi connectivity index (χ2v) is 4.76. The van der Waals surface area contributed by atoms with Crippen LogP contribution in [0, 0.1) is 0 Å². The predicted octanol–water partition coefficient (Wildman–Crippen LogP) is 3.33. The van der Waals surface area contributed by atoms with E-state index in [0.717, 1.165) is 4.47 Å². The third kappa shape index (κ3) is 2.78. The standard InChI is InChI=1S/C13H12BrNO4/c1-3-18-13(17)12-11(15-7(2)16)9-6-8(14)4-5-10(9)19-12/h4-6H,3H2,1-2H3,(H,15,16). The topological polar surface area (TPSA) is 68.5 Å². The molecule has 0 aliphatic heterocycles. The molecule has 2 aromatic rings. The van der Waals surface area contributed by atoms with Crippen LogP contribution < -0.4 is 5.32 Å². The van der Waals surface area contributed by atoms with Gasteiger partial charge in [-0.15, -0.1) is 0 Å². The molecule has 0 fully saturated rings. The first kappa shape index (κ1) is 13.6. The molecule has 0 bridgehead atoms. The molecule has 0 atom stereocenters. The van der Waals surface area contributed by atoms with E-state index in [2.05, 4.69) is 21.2 Å². The Bertz CT molecular complexity index is 647. The Hall–Kier alpha value is -1.82. The highest BCUT2D eigenvalue weighted by Crippen LogP contribution is 2.33. The number of amides is 1. The monoisotopic (exact) mass is 325 g/mol. The van der Waals surface area contributed by atoms with Crippen LogP contribution in [-0.4, -0.2) is 18.5 Å². The van der Waals surface area contributed by atoms with Gasteiger partial charge in [-0.3, -0.25) is 4.79 Å². The van der Waals surface area contributed by atoms with Gasteiger partial charge in [-0.25, -0.2) is 4.79 Å². The van der Waals surface area contributed by atoms with E-state index in [9.17, 15) is 9.59 Å². The minimum atomic E-state index is -0.599. The van der Waals surface area contributed by atoms with Crippen molar-refractivity contribution < 1.29 is 18.7 Å². The van der Waals surface area contributed by atoms with E-state index in [1.54, 1.807) is 25.1 Å². The molecule has 5 nitrogen and oxygen atoms in total. The highest BCUT2D eigenvalue weighted by Gasteiger charge is 2.22. The van der Waals surface area contributed by atoms with Crippen LogP contribution in [0.15, 0.2) is 27.1 Å². The number of furan rings is 1. The largest absolute Gasteiger partial charge is 0.460 e. The number of hydrogen-bond donors (Lipinski definition) is 1. The first-order chi connectivity index (χ1) is 9.02. The number of fused-ring (bicyclic) bond motifs is 1. The SMILES string of the molecule is CCOC(=O)c1oc2ccc(Br)cc2c1NC(C)=O. The fourth-order valence-electron chi connectivity index (χ4n) is 1.71. The molecule has 0 aliphatic carbocycles. The van der Waals surface area contributed by atoms with Crippen LogP contribution in [0.1, 0.15) is 24.4 Å². The smallest absolute Gasteiger partial charge is 0.376 e. The Kier molecular flexibility index (Phi) is 3.90. The van der Waals surface area contributed by atoms with Gasteiger partial charge in [0.15, 0.2) is 0 Å². The summed E-state index contributed by atoms with van der Waals surface area (Å²) in [6.07, 6.45) is 0. The number of halogens is 1. The molecule has 1 heterocycles. The molecule has 2 rings (SSSR count). The van der Waals surface area contributed by atoms with E-state index in [4.69, 9.17) is 9.15 Å². The molecule has 1 N–H and O–H groups in total. The summed E-state index contributed by atoms with van der Waals surface area (Å²) in [6, 6.07) is 5.28. The number of esters is 1. The summed E-state index contributed by atoms with van der Waals surface area (Å²) in [5, 5.41) is 3.25. The van der Waals surface area contributed by atoms with Crippen molar-refractivity contribution in [2.45, 2.75) is 13.8 Å². The van der Waals surface area contributed by atoms with E-state index < -0.39 is 5.97 Å². The zero-order valence-corrected chi connectivity index (χ0v) is 12.0. The Morgan fingerprint density at radius 3 is 2.79 bits per heavy atom. The molecule has 1 aromatic heterocycles. The van der Waals surface area contributed by atoms with Crippen molar-refractivity contribution in [2.24, 2.45) is 0 Å². The van der Waals surface area contributed by atoms with Gasteiger partial charge in [-0.2, -0.15) is 0 Å². The van der Waals surface area contributed by atoms with Gasteiger partial charge in [-0.05, 0) is 25.1 Å². The van der Waals surface area contributed by atoms with Crippen molar-refractivity contribution in [3.63, 3.8) is 0 Å². The molecule has 19 heavy (non-hydrogen) atoms. The molecule has 100 valence electrons. The van der Waals surface area contributed by atoms with E-state index in [-0.39, 0.29) is 18.3 Å². The van der Waals surface area contributed by atoms with Crippen LogP contribution in [0.2, 0.25) is 0 Å². The lowest BCUT2D eigenvalue weighted by Crippen LogP contribution is -2.11. The Morgan fingerprint density at radius 2 is 2.16 bits per heavy atom. The maximum Gasteiger partial charge on any atom is 0.376 e. The zero-order valence-electron chi connectivity index (χ0n) is 10.5. The van der Waals surface area contributed by atoms with Crippen molar-refractivity contribution in [3.8, 4) is 0 Å². The quantitative estimate of drug-likeness (QED) is 0.879. The number of rotatable bonds is 3. The molecular formula is C13H12BrNO4. The van der Waals surface area contributed by atoms with Crippen LogP contribution in [0.3, 0.4) is 0 Å². The van der Waals surface area contributed by atoms with Crippen molar-refractivity contribution >= 4 is 44.5 Å². The van der Waals surface area contributed by atoms with Gasteiger partial charge in [0.25, 0.3) is 0 Å². The highest BCUT2D eigenvalue weighted by atomic mass is 79.9. The van der Waals surface area contributed by atoms with Gasteiger partial charge in [0.1, 0.15) is 11.3 Å². The highest BCUT2D eigenvalue weighted by molar-refractivity contribution is 9.10. The summed E-state index contributed by atoms with van der Waals surface area (Å²) in [5.41, 5.74) is 0.845. The van der Waals surface area contributed by atoms with Crippen molar-refractivity contribution in [3.05, 3.63) is 28.4 Å². The van der Waals surface area contributed by atoms with Crippen LogP contribution in [0.25, 0.3) is 11.0 Å². The number of carbonyl (C=O) groups is 2. The molecule has 1 amide bonds. The van der Waals surface area contributed by atoms with Crippen molar-refractivity contribution in [1.29, 1.82) is 0 Å². The summed E-state index contributed by atoms with van der Waals surface area (Å²) >= 11 is 3.34. The minimum Gasteiger partial charge on any atom is -0.460 e. The first-order valence-electron chi connectivity index (χ1n) is 5.69. The predicted molar refractivity (Wildman–Crippen MR) is 74.2 cm³/mol. The number of anilines is 1. The van der Waals surface area contributed by atoms with E-state index >= 15 is 0 Å². The van der Waals surface area contributed by atoms with Crippen LogP contribution in [-0.2, 0) is 9.53 Å². The summed E-state index contributed by atoms with van der Waals surface area (Å²) in [4.78, 5) is 23.1. The normalized spacial score (nSPS) is 10.5. The summed E-state index contributed by atoms with van der Waals surface area (Å²) in [7, 11) is 0. The molecule has 0 spiro atoms. The minimum absolute atomic E-state index is 0.00477. The third-order valence-corrected chi connectivity index (χ3v) is 2.91.